The second-order valence-corrected chi connectivity index (χ2v) is 5.87. The summed E-state index contributed by atoms with van der Waals surface area (Å²) in [6, 6.07) is 17.0. The molecule has 0 unspecified atom stereocenters. The van der Waals surface area contributed by atoms with E-state index in [-0.39, 0.29) is 0 Å². The Hall–Kier alpha value is -2.94. The van der Waals surface area contributed by atoms with Crippen molar-refractivity contribution in [2.75, 3.05) is 0 Å². The van der Waals surface area contributed by atoms with Crippen LogP contribution in [0, 0.1) is 13.8 Å². The van der Waals surface area contributed by atoms with Crippen molar-refractivity contribution in [3.8, 4) is 22.5 Å². The summed E-state index contributed by atoms with van der Waals surface area (Å²) < 4.78 is 0. The van der Waals surface area contributed by atoms with E-state index < -0.39 is 0 Å². The van der Waals surface area contributed by atoms with Gasteiger partial charge in [0.15, 0.2) is 0 Å². The third-order valence-electron chi connectivity index (χ3n) is 4.15. The molecule has 0 bridgehead atoms. The van der Waals surface area contributed by atoms with Crippen LogP contribution >= 0.6 is 0 Å². The minimum Gasteiger partial charge on any atom is -0.337 e. The molecule has 0 saturated carbocycles. The average molecular weight is 299 g/mol. The second-order valence-electron chi connectivity index (χ2n) is 5.87. The molecule has 23 heavy (non-hydrogen) atoms. The van der Waals surface area contributed by atoms with E-state index in [0.29, 0.717) is 0 Å². The number of benzene rings is 2. The molecule has 0 aliphatic rings. The molecule has 3 nitrogen and oxygen atoms in total. The van der Waals surface area contributed by atoms with E-state index in [1.165, 1.54) is 22.3 Å². The van der Waals surface area contributed by atoms with Gasteiger partial charge in [0.2, 0.25) is 0 Å². The fraction of sp³-hybridized carbons (Fsp3) is 0.100. The van der Waals surface area contributed by atoms with Crippen LogP contribution in [0.3, 0.4) is 0 Å². The van der Waals surface area contributed by atoms with Crippen molar-refractivity contribution in [1.82, 2.24) is 15.0 Å². The van der Waals surface area contributed by atoms with Crippen molar-refractivity contribution in [3.05, 3.63) is 72.1 Å². The maximum absolute atomic E-state index is 4.66. The zero-order valence-electron chi connectivity index (χ0n) is 13.2. The van der Waals surface area contributed by atoms with Crippen LogP contribution in [0.15, 0.2) is 60.9 Å². The van der Waals surface area contributed by atoms with E-state index in [9.17, 15) is 0 Å². The highest BCUT2D eigenvalue weighted by molar-refractivity contribution is 5.80. The van der Waals surface area contributed by atoms with Gasteiger partial charge < -0.3 is 4.98 Å². The van der Waals surface area contributed by atoms with Crippen LogP contribution in [0.25, 0.3) is 33.5 Å². The van der Waals surface area contributed by atoms with Crippen LogP contribution < -0.4 is 0 Å². The fourth-order valence-corrected chi connectivity index (χ4v) is 2.84. The van der Waals surface area contributed by atoms with E-state index in [0.717, 1.165) is 22.4 Å². The molecule has 0 aliphatic carbocycles. The summed E-state index contributed by atoms with van der Waals surface area (Å²) in [5.74, 6) is 0.890. The first-order valence-electron chi connectivity index (χ1n) is 7.68. The number of nitrogens with one attached hydrogen (secondary N) is 1. The molecule has 3 heteroatoms. The molecule has 0 aliphatic heterocycles. The van der Waals surface area contributed by atoms with Crippen molar-refractivity contribution in [2.24, 2.45) is 0 Å². The Labute approximate surface area is 135 Å². The van der Waals surface area contributed by atoms with E-state index in [4.69, 9.17) is 0 Å². The Morgan fingerprint density at radius 1 is 0.870 bits per heavy atom. The topological polar surface area (TPSA) is 41.6 Å². The number of pyridine rings is 1. The van der Waals surface area contributed by atoms with Gasteiger partial charge in [0.05, 0.1) is 17.2 Å². The average Bonchev–Trinajstić information content (AvgIpc) is 2.99. The first kappa shape index (κ1) is 13.7. The van der Waals surface area contributed by atoms with E-state index in [1.54, 1.807) is 6.20 Å². The molecular weight excluding hydrogens is 282 g/mol. The number of rotatable bonds is 2. The predicted octanol–water partition coefficient (Wildman–Crippen LogP) is 4.91. The fourth-order valence-electron chi connectivity index (χ4n) is 2.84. The number of nitrogens with zero attached hydrogens (tertiary/aromatic N) is 2. The van der Waals surface area contributed by atoms with Gasteiger partial charge in [-0.3, -0.25) is 4.98 Å². The third kappa shape index (κ3) is 2.50. The normalized spacial score (nSPS) is 11.0. The highest BCUT2D eigenvalue weighted by Crippen LogP contribution is 2.28. The lowest BCUT2D eigenvalue weighted by Gasteiger charge is -2.07. The molecule has 0 spiro atoms. The number of H-pyrrole nitrogens is 1. The monoisotopic (exact) mass is 299 g/mol. The number of aromatic amines is 1. The summed E-state index contributed by atoms with van der Waals surface area (Å²) in [5.41, 5.74) is 7.97. The van der Waals surface area contributed by atoms with E-state index in [1.807, 2.05) is 12.3 Å². The summed E-state index contributed by atoms with van der Waals surface area (Å²) in [5, 5.41) is 0. The molecule has 2 heterocycles. The lowest BCUT2D eigenvalue weighted by molar-refractivity contribution is 1.30. The SMILES string of the molecule is Cc1ccc(-c2ccc(-c3nc4ccncc4[nH]3)c(C)c2)cc1. The standard InChI is InChI=1S/C20H17N3/c1-13-3-5-15(6-4-13)16-7-8-17(14(2)11-16)20-22-18-9-10-21-12-19(18)23-20/h3-12H,1-2H3,(H,22,23). The maximum atomic E-state index is 4.66. The van der Waals surface area contributed by atoms with Crippen molar-refractivity contribution >= 4 is 11.0 Å². The van der Waals surface area contributed by atoms with Gasteiger partial charge in [-0.1, -0.05) is 48.0 Å². The lowest BCUT2D eigenvalue weighted by atomic mass is 9.99. The third-order valence-corrected chi connectivity index (χ3v) is 4.15. The van der Waals surface area contributed by atoms with Crippen LogP contribution in [0.2, 0.25) is 0 Å². The minimum atomic E-state index is 0.890. The van der Waals surface area contributed by atoms with Gasteiger partial charge in [-0.2, -0.15) is 0 Å². The van der Waals surface area contributed by atoms with Crippen LogP contribution in [0.4, 0.5) is 0 Å². The van der Waals surface area contributed by atoms with E-state index >= 15 is 0 Å². The summed E-state index contributed by atoms with van der Waals surface area (Å²) in [7, 11) is 0. The van der Waals surface area contributed by atoms with Gasteiger partial charge in [-0.25, -0.2) is 4.98 Å². The molecule has 4 rings (SSSR count). The van der Waals surface area contributed by atoms with Crippen LogP contribution in [-0.2, 0) is 0 Å². The van der Waals surface area contributed by atoms with Crippen molar-refractivity contribution in [3.63, 3.8) is 0 Å². The van der Waals surface area contributed by atoms with Crippen molar-refractivity contribution in [2.45, 2.75) is 13.8 Å². The molecule has 2 aromatic carbocycles. The van der Waals surface area contributed by atoms with Gasteiger partial charge in [0.25, 0.3) is 0 Å². The molecule has 0 fully saturated rings. The Bertz CT molecular complexity index is 948. The molecule has 112 valence electrons. The Balaban J connectivity index is 1.77. The van der Waals surface area contributed by atoms with Gasteiger partial charge in [0.1, 0.15) is 5.82 Å². The Kier molecular flexibility index (Phi) is 3.19. The Morgan fingerprint density at radius 3 is 2.39 bits per heavy atom. The number of imidazole rings is 1. The summed E-state index contributed by atoms with van der Waals surface area (Å²) in [6.45, 7) is 4.23. The highest BCUT2D eigenvalue weighted by Gasteiger charge is 2.09. The largest absolute Gasteiger partial charge is 0.337 e. The zero-order valence-corrected chi connectivity index (χ0v) is 13.2. The first-order chi connectivity index (χ1) is 11.2. The zero-order chi connectivity index (χ0) is 15.8. The molecule has 0 radical (unpaired) electrons. The summed E-state index contributed by atoms with van der Waals surface area (Å²) in [6.07, 6.45) is 3.57. The molecule has 0 amide bonds. The van der Waals surface area contributed by atoms with Gasteiger partial charge in [-0.15, -0.1) is 0 Å². The van der Waals surface area contributed by atoms with Gasteiger partial charge in [-0.05, 0) is 36.6 Å². The molecule has 4 aromatic rings. The lowest BCUT2D eigenvalue weighted by Crippen LogP contribution is -1.87. The van der Waals surface area contributed by atoms with Crippen LogP contribution in [-0.4, -0.2) is 15.0 Å². The number of hydrogen-bond acceptors (Lipinski definition) is 2. The highest BCUT2D eigenvalue weighted by atomic mass is 14.9. The van der Waals surface area contributed by atoms with Crippen molar-refractivity contribution < 1.29 is 0 Å². The maximum Gasteiger partial charge on any atom is 0.138 e. The van der Waals surface area contributed by atoms with Gasteiger partial charge >= 0.3 is 0 Å². The number of aryl methyl sites for hydroxylation is 2. The quantitative estimate of drug-likeness (QED) is 0.571. The summed E-state index contributed by atoms with van der Waals surface area (Å²) >= 11 is 0. The van der Waals surface area contributed by atoms with Crippen LogP contribution in [0.1, 0.15) is 11.1 Å². The molecule has 0 atom stereocenters. The van der Waals surface area contributed by atoms with E-state index in [2.05, 4.69) is 71.3 Å². The molecule has 2 aromatic heterocycles. The number of aromatic nitrogens is 3. The predicted molar refractivity (Wildman–Crippen MR) is 94.2 cm³/mol. The molecule has 0 saturated heterocycles. The van der Waals surface area contributed by atoms with Crippen molar-refractivity contribution in [1.29, 1.82) is 0 Å². The van der Waals surface area contributed by atoms with Crippen LogP contribution in [0.5, 0.6) is 0 Å². The molecule has 1 N–H and O–H groups in total. The smallest absolute Gasteiger partial charge is 0.138 e. The van der Waals surface area contributed by atoms with Gasteiger partial charge in [0, 0.05) is 11.8 Å². The second kappa shape index (κ2) is 5.36. The first-order valence-corrected chi connectivity index (χ1v) is 7.68. The number of fused-ring (bicyclic) bond motifs is 1. The molecular formula is C20H17N3. The number of hydrogen-bond donors (Lipinski definition) is 1. The summed E-state index contributed by atoms with van der Waals surface area (Å²) in [4.78, 5) is 12.1. The minimum absolute atomic E-state index is 0.890. The Morgan fingerprint density at radius 2 is 1.65 bits per heavy atom.